The second kappa shape index (κ2) is 5.74. The summed E-state index contributed by atoms with van der Waals surface area (Å²) in [5, 5.41) is 3.42. The zero-order valence-corrected chi connectivity index (χ0v) is 12.7. The number of hydrogen-bond donors (Lipinski definition) is 1. The first-order valence-electron chi connectivity index (χ1n) is 7.79. The molecule has 1 unspecified atom stereocenters. The predicted molar refractivity (Wildman–Crippen MR) is 82.2 cm³/mol. The van der Waals surface area contributed by atoms with Gasteiger partial charge < -0.3 is 15.0 Å². The molecule has 0 bridgehead atoms. The van der Waals surface area contributed by atoms with Crippen LogP contribution in [0.15, 0.2) is 18.2 Å². The average Bonchev–Trinajstić information content (AvgIpc) is 2.45. The van der Waals surface area contributed by atoms with Gasteiger partial charge in [-0.05, 0) is 56.6 Å². The van der Waals surface area contributed by atoms with Gasteiger partial charge in [0.25, 0.3) is 0 Å². The molecule has 110 valence electrons. The van der Waals surface area contributed by atoms with Crippen molar-refractivity contribution in [1.82, 2.24) is 10.2 Å². The van der Waals surface area contributed by atoms with Crippen molar-refractivity contribution >= 4 is 0 Å². The SMILES string of the molecule is CN1CCCC(C)(COc2cccc3c2CCNC3)C1. The highest BCUT2D eigenvalue weighted by molar-refractivity contribution is 5.41. The van der Waals surface area contributed by atoms with Gasteiger partial charge in [-0.15, -0.1) is 0 Å². The second-order valence-corrected chi connectivity index (χ2v) is 6.76. The Morgan fingerprint density at radius 1 is 1.40 bits per heavy atom. The monoisotopic (exact) mass is 274 g/mol. The minimum Gasteiger partial charge on any atom is -0.493 e. The minimum absolute atomic E-state index is 0.294. The Labute approximate surface area is 122 Å². The smallest absolute Gasteiger partial charge is 0.122 e. The Morgan fingerprint density at radius 3 is 3.15 bits per heavy atom. The number of fused-ring (bicyclic) bond motifs is 1. The molecule has 0 saturated carbocycles. The topological polar surface area (TPSA) is 24.5 Å². The van der Waals surface area contributed by atoms with Crippen molar-refractivity contribution in [1.29, 1.82) is 0 Å². The zero-order chi connectivity index (χ0) is 14.0. The van der Waals surface area contributed by atoms with E-state index in [0.717, 1.165) is 38.4 Å². The molecule has 2 aliphatic heterocycles. The van der Waals surface area contributed by atoms with Crippen LogP contribution in [0.2, 0.25) is 0 Å². The molecule has 0 spiro atoms. The summed E-state index contributed by atoms with van der Waals surface area (Å²) in [6, 6.07) is 6.47. The molecule has 1 N–H and O–H groups in total. The Balaban J connectivity index is 1.69. The molecule has 3 nitrogen and oxygen atoms in total. The third kappa shape index (κ3) is 2.99. The average molecular weight is 274 g/mol. The number of rotatable bonds is 3. The van der Waals surface area contributed by atoms with E-state index < -0.39 is 0 Å². The quantitative estimate of drug-likeness (QED) is 0.916. The van der Waals surface area contributed by atoms with Crippen LogP contribution in [-0.4, -0.2) is 38.2 Å². The molecule has 2 heterocycles. The largest absolute Gasteiger partial charge is 0.493 e. The van der Waals surface area contributed by atoms with Crippen LogP contribution in [0.3, 0.4) is 0 Å². The summed E-state index contributed by atoms with van der Waals surface area (Å²) >= 11 is 0. The molecule has 0 amide bonds. The summed E-state index contributed by atoms with van der Waals surface area (Å²) in [5.74, 6) is 1.11. The van der Waals surface area contributed by atoms with E-state index in [1.165, 1.54) is 30.5 Å². The Kier molecular flexibility index (Phi) is 3.99. The number of likely N-dealkylation sites (tertiary alicyclic amines) is 1. The molecule has 2 aliphatic rings. The molecule has 1 aromatic carbocycles. The van der Waals surface area contributed by atoms with Crippen molar-refractivity contribution < 1.29 is 4.74 Å². The number of nitrogens with one attached hydrogen (secondary N) is 1. The first kappa shape index (κ1) is 13.9. The van der Waals surface area contributed by atoms with E-state index in [-0.39, 0.29) is 0 Å². The van der Waals surface area contributed by atoms with Crippen LogP contribution in [0.1, 0.15) is 30.9 Å². The van der Waals surface area contributed by atoms with E-state index in [9.17, 15) is 0 Å². The van der Waals surface area contributed by atoms with Gasteiger partial charge in [0.15, 0.2) is 0 Å². The van der Waals surface area contributed by atoms with Gasteiger partial charge in [-0.2, -0.15) is 0 Å². The second-order valence-electron chi connectivity index (χ2n) is 6.76. The van der Waals surface area contributed by atoms with Crippen molar-refractivity contribution in [2.45, 2.75) is 32.7 Å². The first-order chi connectivity index (χ1) is 9.66. The highest BCUT2D eigenvalue weighted by Gasteiger charge is 2.30. The van der Waals surface area contributed by atoms with Gasteiger partial charge >= 0.3 is 0 Å². The lowest BCUT2D eigenvalue weighted by atomic mass is 9.83. The Hall–Kier alpha value is -1.06. The van der Waals surface area contributed by atoms with Crippen molar-refractivity contribution in [2.24, 2.45) is 5.41 Å². The van der Waals surface area contributed by atoms with Gasteiger partial charge in [-0.25, -0.2) is 0 Å². The van der Waals surface area contributed by atoms with Crippen LogP contribution in [0, 0.1) is 5.41 Å². The van der Waals surface area contributed by atoms with Gasteiger partial charge in [0.05, 0.1) is 6.61 Å². The van der Waals surface area contributed by atoms with E-state index in [2.05, 4.69) is 42.4 Å². The molecular weight excluding hydrogens is 248 g/mol. The molecule has 20 heavy (non-hydrogen) atoms. The fourth-order valence-corrected chi connectivity index (χ4v) is 3.59. The molecule has 3 rings (SSSR count). The molecule has 1 saturated heterocycles. The van der Waals surface area contributed by atoms with Crippen molar-refractivity contribution in [3.63, 3.8) is 0 Å². The highest BCUT2D eigenvalue weighted by atomic mass is 16.5. The number of benzene rings is 1. The lowest BCUT2D eigenvalue weighted by Gasteiger charge is -2.38. The lowest BCUT2D eigenvalue weighted by molar-refractivity contribution is 0.0696. The van der Waals surface area contributed by atoms with Gasteiger partial charge in [0.1, 0.15) is 5.75 Å². The van der Waals surface area contributed by atoms with Crippen LogP contribution >= 0.6 is 0 Å². The summed E-state index contributed by atoms with van der Waals surface area (Å²) < 4.78 is 6.24. The van der Waals surface area contributed by atoms with E-state index in [0.29, 0.717) is 5.41 Å². The number of piperidine rings is 1. The van der Waals surface area contributed by atoms with Gasteiger partial charge in [0.2, 0.25) is 0 Å². The van der Waals surface area contributed by atoms with E-state index in [4.69, 9.17) is 4.74 Å². The van der Waals surface area contributed by atoms with Crippen LogP contribution in [0.25, 0.3) is 0 Å². The van der Waals surface area contributed by atoms with Gasteiger partial charge in [-0.3, -0.25) is 0 Å². The fraction of sp³-hybridized carbons (Fsp3) is 0.647. The van der Waals surface area contributed by atoms with Crippen LogP contribution in [0.4, 0.5) is 0 Å². The summed E-state index contributed by atoms with van der Waals surface area (Å²) in [6.45, 7) is 7.60. The molecule has 0 aromatic heterocycles. The molecule has 3 heteroatoms. The lowest BCUT2D eigenvalue weighted by Crippen LogP contribution is -2.42. The third-order valence-corrected chi connectivity index (χ3v) is 4.65. The number of nitrogens with zero attached hydrogens (tertiary/aromatic N) is 1. The number of ether oxygens (including phenoxy) is 1. The van der Waals surface area contributed by atoms with E-state index in [1.54, 1.807) is 0 Å². The van der Waals surface area contributed by atoms with Gasteiger partial charge in [-0.1, -0.05) is 19.1 Å². The standard InChI is InChI=1S/C17H26N2O/c1-17(8-4-10-19(2)12-17)13-20-16-6-3-5-14-11-18-9-7-15(14)16/h3,5-6,18H,4,7-13H2,1-2H3. The van der Waals surface area contributed by atoms with Crippen molar-refractivity contribution in [3.05, 3.63) is 29.3 Å². The normalized spacial score (nSPS) is 27.1. The summed E-state index contributed by atoms with van der Waals surface area (Å²) in [4.78, 5) is 2.43. The number of hydrogen-bond acceptors (Lipinski definition) is 3. The molecule has 0 aliphatic carbocycles. The maximum Gasteiger partial charge on any atom is 0.122 e. The maximum absolute atomic E-state index is 6.24. The van der Waals surface area contributed by atoms with Crippen LogP contribution in [0.5, 0.6) is 5.75 Å². The predicted octanol–water partition coefficient (Wildman–Crippen LogP) is 2.44. The third-order valence-electron chi connectivity index (χ3n) is 4.65. The molecule has 1 atom stereocenters. The fourth-order valence-electron chi connectivity index (χ4n) is 3.59. The summed E-state index contributed by atoms with van der Waals surface area (Å²) in [6.07, 6.45) is 3.64. The molecule has 1 aromatic rings. The highest BCUT2D eigenvalue weighted by Crippen LogP contribution is 2.31. The zero-order valence-electron chi connectivity index (χ0n) is 12.7. The summed E-state index contributed by atoms with van der Waals surface area (Å²) in [7, 11) is 2.22. The van der Waals surface area contributed by atoms with Gasteiger partial charge in [0, 0.05) is 18.5 Å². The van der Waals surface area contributed by atoms with E-state index in [1.807, 2.05) is 0 Å². The Bertz CT molecular complexity index is 474. The summed E-state index contributed by atoms with van der Waals surface area (Å²) in [5.41, 5.74) is 3.11. The van der Waals surface area contributed by atoms with E-state index >= 15 is 0 Å². The molecular formula is C17H26N2O. The Morgan fingerprint density at radius 2 is 2.30 bits per heavy atom. The molecule has 0 radical (unpaired) electrons. The first-order valence-corrected chi connectivity index (χ1v) is 7.79. The van der Waals surface area contributed by atoms with Crippen LogP contribution in [-0.2, 0) is 13.0 Å². The van der Waals surface area contributed by atoms with Crippen LogP contribution < -0.4 is 10.1 Å². The maximum atomic E-state index is 6.24. The minimum atomic E-state index is 0.294. The molecule has 1 fully saturated rings. The van der Waals surface area contributed by atoms with Crippen molar-refractivity contribution in [2.75, 3.05) is 33.3 Å². The van der Waals surface area contributed by atoms with Crippen molar-refractivity contribution in [3.8, 4) is 5.75 Å².